The highest BCUT2D eigenvalue weighted by atomic mass is 16.4. The van der Waals surface area contributed by atoms with Crippen LogP contribution in [-0.4, -0.2) is 42.0 Å². The zero-order chi connectivity index (χ0) is 12.1. The maximum absolute atomic E-state index is 11.3. The fourth-order valence-corrected chi connectivity index (χ4v) is 1.29. The predicted molar refractivity (Wildman–Crippen MR) is 54.4 cm³/mol. The third-order valence-electron chi connectivity index (χ3n) is 2.31. The van der Waals surface area contributed by atoms with Gasteiger partial charge in [0.05, 0.1) is 13.1 Å². The molecule has 0 aromatic rings. The number of aliphatic carboxylic acids is 1. The molecule has 1 unspecified atom stereocenters. The average Bonchev–Trinajstić information content (AvgIpc) is 3.05. The first-order valence-corrected chi connectivity index (χ1v) is 5.03. The molecule has 1 saturated carbocycles. The highest BCUT2D eigenvalue weighted by Gasteiger charge is 2.37. The number of hydrogen-bond donors (Lipinski definition) is 4. The summed E-state index contributed by atoms with van der Waals surface area (Å²) in [5.41, 5.74) is 5.03. The molecule has 0 heterocycles. The molecule has 7 nitrogen and oxygen atoms in total. The Balaban J connectivity index is 2.31. The van der Waals surface area contributed by atoms with Crippen molar-refractivity contribution in [3.63, 3.8) is 0 Å². The Morgan fingerprint density at radius 2 is 1.94 bits per heavy atom. The molecular formula is C9H15N3O4. The van der Waals surface area contributed by atoms with Gasteiger partial charge in [-0.2, -0.15) is 0 Å². The molecule has 1 rings (SSSR count). The van der Waals surface area contributed by atoms with Gasteiger partial charge < -0.3 is 21.5 Å². The van der Waals surface area contributed by atoms with Crippen molar-refractivity contribution in [3.05, 3.63) is 0 Å². The van der Waals surface area contributed by atoms with Crippen LogP contribution in [0.2, 0.25) is 0 Å². The Labute approximate surface area is 92.4 Å². The second-order valence-corrected chi connectivity index (χ2v) is 3.70. The molecule has 0 radical (unpaired) electrons. The van der Waals surface area contributed by atoms with Crippen LogP contribution in [0.15, 0.2) is 0 Å². The molecule has 0 spiro atoms. The van der Waals surface area contributed by atoms with E-state index >= 15 is 0 Å². The second kappa shape index (κ2) is 5.45. The van der Waals surface area contributed by atoms with Gasteiger partial charge in [0.25, 0.3) is 0 Å². The van der Waals surface area contributed by atoms with Gasteiger partial charge >= 0.3 is 5.97 Å². The highest BCUT2D eigenvalue weighted by Crippen LogP contribution is 2.32. The Morgan fingerprint density at radius 3 is 2.38 bits per heavy atom. The van der Waals surface area contributed by atoms with Crippen molar-refractivity contribution in [1.29, 1.82) is 0 Å². The van der Waals surface area contributed by atoms with E-state index in [9.17, 15) is 14.4 Å². The molecule has 90 valence electrons. The lowest BCUT2D eigenvalue weighted by molar-refractivity contribution is -0.142. The number of hydrogen-bond acceptors (Lipinski definition) is 4. The summed E-state index contributed by atoms with van der Waals surface area (Å²) in [6, 6.07) is -0.845. The van der Waals surface area contributed by atoms with E-state index in [2.05, 4.69) is 10.6 Å². The topological polar surface area (TPSA) is 122 Å². The van der Waals surface area contributed by atoms with Crippen LogP contribution < -0.4 is 16.4 Å². The number of nitrogens with one attached hydrogen (secondary N) is 2. The molecular weight excluding hydrogens is 214 g/mol. The predicted octanol–water partition coefficient (Wildman–Crippen LogP) is -1.96. The summed E-state index contributed by atoms with van der Waals surface area (Å²) in [7, 11) is 0. The van der Waals surface area contributed by atoms with Gasteiger partial charge in [-0.3, -0.25) is 9.59 Å². The third kappa shape index (κ3) is 3.85. The van der Waals surface area contributed by atoms with Crippen molar-refractivity contribution < 1.29 is 19.5 Å². The van der Waals surface area contributed by atoms with Crippen LogP contribution in [0.1, 0.15) is 12.8 Å². The lowest BCUT2D eigenvalue weighted by Crippen LogP contribution is -2.47. The molecule has 1 fully saturated rings. The fourth-order valence-electron chi connectivity index (χ4n) is 1.29. The van der Waals surface area contributed by atoms with Crippen LogP contribution in [0, 0.1) is 5.92 Å². The third-order valence-corrected chi connectivity index (χ3v) is 2.31. The molecule has 2 amide bonds. The fraction of sp³-hybridized carbons (Fsp3) is 0.667. The smallest absolute Gasteiger partial charge is 0.326 e. The number of rotatable bonds is 6. The first kappa shape index (κ1) is 12.4. The molecule has 0 aromatic heterocycles. The Bertz CT molecular complexity index is 301. The molecule has 1 aliphatic rings. The van der Waals surface area contributed by atoms with Crippen LogP contribution in [0.25, 0.3) is 0 Å². The summed E-state index contributed by atoms with van der Waals surface area (Å²) in [5.74, 6) is -1.98. The number of carbonyl (C=O) groups is 3. The zero-order valence-corrected chi connectivity index (χ0v) is 8.73. The minimum atomic E-state index is -1.04. The summed E-state index contributed by atoms with van der Waals surface area (Å²) in [4.78, 5) is 32.8. The molecule has 5 N–H and O–H groups in total. The van der Waals surface area contributed by atoms with E-state index in [1.165, 1.54) is 0 Å². The van der Waals surface area contributed by atoms with E-state index in [1.54, 1.807) is 0 Å². The van der Waals surface area contributed by atoms with Crippen molar-refractivity contribution >= 4 is 17.8 Å². The summed E-state index contributed by atoms with van der Waals surface area (Å²) < 4.78 is 0. The second-order valence-electron chi connectivity index (χ2n) is 3.70. The van der Waals surface area contributed by atoms with E-state index in [0.29, 0.717) is 0 Å². The summed E-state index contributed by atoms with van der Waals surface area (Å²) in [6.07, 6.45) is 1.62. The minimum Gasteiger partial charge on any atom is -0.480 e. The molecule has 1 atom stereocenters. The minimum absolute atomic E-state index is 0.0201. The highest BCUT2D eigenvalue weighted by molar-refractivity contribution is 5.88. The first-order chi connectivity index (χ1) is 7.54. The monoisotopic (exact) mass is 229 g/mol. The Kier molecular flexibility index (Phi) is 4.24. The number of amides is 2. The van der Waals surface area contributed by atoms with Crippen LogP contribution in [0.4, 0.5) is 0 Å². The van der Waals surface area contributed by atoms with Gasteiger partial charge in [-0.05, 0) is 18.8 Å². The summed E-state index contributed by atoms with van der Waals surface area (Å²) >= 11 is 0. The lowest BCUT2D eigenvalue weighted by atomic mass is 10.2. The standard InChI is InChI=1S/C9H15N3O4/c10-3-6(13)11-4-7(14)12-8(9(15)16)5-1-2-5/h5,8H,1-4,10H2,(H,11,13)(H,12,14)(H,15,16). The molecule has 1 aliphatic carbocycles. The number of carboxylic acid groups (broad SMARTS) is 1. The van der Waals surface area contributed by atoms with E-state index in [4.69, 9.17) is 10.8 Å². The number of nitrogens with two attached hydrogens (primary N) is 1. The van der Waals surface area contributed by atoms with Crippen molar-refractivity contribution in [3.8, 4) is 0 Å². The quantitative estimate of drug-likeness (QED) is 0.421. The summed E-state index contributed by atoms with van der Waals surface area (Å²) in [5, 5.41) is 13.5. The molecule has 0 saturated heterocycles. The average molecular weight is 229 g/mol. The van der Waals surface area contributed by atoms with Crippen LogP contribution in [0.5, 0.6) is 0 Å². The van der Waals surface area contributed by atoms with Gasteiger partial charge in [0.15, 0.2) is 0 Å². The maximum Gasteiger partial charge on any atom is 0.326 e. The van der Waals surface area contributed by atoms with Crippen LogP contribution >= 0.6 is 0 Å². The number of carbonyl (C=O) groups excluding carboxylic acids is 2. The zero-order valence-electron chi connectivity index (χ0n) is 8.73. The van der Waals surface area contributed by atoms with E-state index in [1.807, 2.05) is 0 Å². The number of carboxylic acids is 1. The Morgan fingerprint density at radius 1 is 1.31 bits per heavy atom. The molecule has 0 bridgehead atoms. The molecule has 0 aromatic carbocycles. The van der Waals surface area contributed by atoms with E-state index in [-0.39, 0.29) is 19.0 Å². The molecule has 0 aliphatic heterocycles. The van der Waals surface area contributed by atoms with Gasteiger partial charge in [0.1, 0.15) is 6.04 Å². The van der Waals surface area contributed by atoms with Crippen molar-refractivity contribution in [1.82, 2.24) is 10.6 Å². The maximum atomic E-state index is 11.3. The molecule has 7 heteroatoms. The van der Waals surface area contributed by atoms with Crippen LogP contribution in [0.3, 0.4) is 0 Å². The first-order valence-electron chi connectivity index (χ1n) is 5.03. The van der Waals surface area contributed by atoms with Gasteiger partial charge in [-0.1, -0.05) is 0 Å². The largest absolute Gasteiger partial charge is 0.480 e. The SMILES string of the molecule is NCC(=O)NCC(=O)NC(C(=O)O)C1CC1. The van der Waals surface area contributed by atoms with E-state index < -0.39 is 23.8 Å². The van der Waals surface area contributed by atoms with Crippen LogP contribution in [-0.2, 0) is 14.4 Å². The molecule has 16 heavy (non-hydrogen) atoms. The normalized spacial score (nSPS) is 16.3. The van der Waals surface area contributed by atoms with Gasteiger partial charge in [0.2, 0.25) is 11.8 Å². The van der Waals surface area contributed by atoms with Gasteiger partial charge in [-0.15, -0.1) is 0 Å². The van der Waals surface area contributed by atoms with Gasteiger partial charge in [-0.25, -0.2) is 4.79 Å². The van der Waals surface area contributed by atoms with Crippen molar-refractivity contribution in [2.75, 3.05) is 13.1 Å². The Hall–Kier alpha value is -1.63. The van der Waals surface area contributed by atoms with Gasteiger partial charge in [0, 0.05) is 0 Å². The van der Waals surface area contributed by atoms with Crippen molar-refractivity contribution in [2.24, 2.45) is 11.7 Å². The lowest BCUT2D eigenvalue weighted by Gasteiger charge is -2.13. The van der Waals surface area contributed by atoms with Crippen molar-refractivity contribution in [2.45, 2.75) is 18.9 Å². The summed E-state index contributed by atoms with van der Waals surface area (Å²) in [6.45, 7) is -0.440. The van der Waals surface area contributed by atoms with E-state index in [0.717, 1.165) is 12.8 Å².